The number of carbonyl (C=O) groups excluding carboxylic acids is 1. The van der Waals surface area contributed by atoms with Gasteiger partial charge in [0.2, 0.25) is 0 Å². The van der Waals surface area contributed by atoms with E-state index in [2.05, 4.69) is 6.58 Å². The predicted molar refractivity (Wildman–Crippen MR) is 53.6 cm³/mol. The quantitative estimate of drug-likeness (QED) is 0.546. The highest BCUT2D eigenvalue weighted by Gasteiger charge is 2.34. The van der Waals surface area contributed by atoms with E-state index >= 15 is 0 Å². The summed E-state index contributed by atoms with van der Waals surface area (Å²) >= 11 is 0. The molecule has 14 heavy (non-hydrogen) atoms. The second kappa shape index (κ2) is 4.96. The van der Waals surface area contributed by atoms with Crippen LogP contribution in [-0.4, -0.2) is 23.8 Å². The molecule has 0 aromatic heterocycles. The van der Waals surface area contributed by atoms with E-state index in [4.69, 9.17) is 4.74 Å². The van der Waals surface area contributed by atoms with Crippen LogP contribution < -0.4 is 0 Å². The lowest BCUT2D eigenvalue weighted by molar-refractivity contribution is -0.141. The Labute approximate surface area is 84.1 Å². The fourth-order valence-electron chi connectivity index (χ4n) is 1.43. The van der Waals surface area contributed by atoms with Gasteiger partial charge >= 0.3 is 5.97 Å². The number of cyclic esters (lactones) is 1. The van der Waals surface area contributed by atoms with Crippen molar-refractivity contribution in [1.82, 2.24) is 0 Å². The summed E-state index contributed by atoms with van der Waals surface area (Å²) in [6.45, 7) is 5.73. The third-order valence-corrected chi connectivity index (χ3v) is 2.43. The van der Waals surface area contributed by atoms with Crippen molar-refractivity contribution >= 4 is 5.97 Å². The van der Waals surface area contributed by atoms with Crippen LogP contribution in [-0.2, 0) is 9.53 Å². The molecule has 0 bridgehead atoms. The third kappa shape index (κ3) is 2.70. The van der Waals surface area contributed by atoms with Gasteiger partial charge in [-0.05, 0) is 19.8 Å². The van der Waals surface area contributed by atoms with Gasteiger partial charge in [-0.15, -0.1) is 0 Å². The minimum atomic E-state index is -0.625. The van der Waals surface area contributed by atoms with Crippen LogP contribution in [0.3, 0.4) is 0 Å². The zero-order chi connectivity index (χ0) is 10.6. The number of allylic oxidation sites excluding steroid dienone is 3. The molecule has 0 aromatic carbocycles. The molecule has 1 rings (SSSR count). The molecule has 0 spiro atoms. The minimum absolute atomic E-state index is 0.146. The number of carbonyl (C=O) groups is 1. The standard InChI is InChI=1S/C11H16O3/c1-3-8(2)5-4-6-9-10(12)7-14-11(9)13/h3,5,9-10,12H,1,4,6-7H2,2H3/b8-5+. The van der Waals surface area contributed by atoms with E-state index < -0.39 is 6.10 Å². The zero-order valence-corrected chi connectivity index (χ0v) is 8.40. The number of hydrogen-bond donors (Lipinski definition) is 1. The molecule has 0 saturated carbocycles. The number of aliphatic hydroxyl groups is 1. The van der Waals surface area contributed by atoms with Gasteiger partial charge in [0.25, 0.3) is 0 Å². The lowest BCUT2D eigenvalue weighted by Gasteiger charge is -2.07. The molecule has 0 aromatic rings. The Bertz CT molecular complexity index is 255. The fourth-order valence-corrected chi connectivity index (χ4v) is 1.43. The van der Waals surface area contributed by atoms with E-state index in [1.54, 1.807) is 6.08 Å². The first-order chi connectivity index (χ1) is 6.65. The van der Waals surface area contributed by atoms with Gasteiger partial charge in [-0.25, -0.2) is 0 Å². The highest BCUT2D eigenvalue weighted by molar-refractivity contribution is 5.75. The molecule has 1 heterocycles. The molecule has 2 atom stereocenters. The Kier molecular flexibility index (Phi) is 3.89. The number of rotatable bonds is 4. The second-order valence-electron chi connectivity index (χ2n) is 3.53. The summed E-state index contributed by atoms with van der Waals surface area (Å²) in [5.74, 6) is -0.619. The van der Waals surface area contributed by atoms with Gasteiger partial charge in [-0.2, -0.15) is 0 Å². The Morgan fingerprint density at radius 3 is 3.00 bits per heavy atom. The fraction of sp³-hybridized carbons (Fsp3) is 0.545. The first-order valence-corrected chi connectivity index (χ1v) is 4.79. The highest BCUT2D eigenvalue weighted by atomic mass is 16.6. The van der Waals surface area contributed by atoms with Crippen molar-refractivity contribution in [1.29, 1.82) is 0 Å². The molecule has 78 valence electrons. The van der Waals surface area contributed by atoms with Gasteiger partial charge in [0.1, 0.15) is 12.7 Å². The predicted octanol–water partition coefficient (Wildman–Crippen LogP) is 1.43. The number of aliphatic hydroxyl groups excluding tert-OH is 1. The van der Waals surface area contributed by atoms with Crippen molar-refractivity contribution in [3.8, 4) is 0 Å². The lowest BCUT2D eigenvalue weighted by atomic mass is 9.99. The lowest BCUT2D eigenvalue weighted by Crippen LogP contribution is -2.20. The van der Waals surface area contributed by atoms with Crippen LogP contribution in [0.25, 0.3) is 0 Å². The molecule has 1 aliphatic heterocycles. The first-order valence-electron chi connectivity index (χ1n) is 4.79. The summed E-state index contributed by atoms with van der Waals surface area (Å²) in [6, 6.07) is 0. The normalized spacial score (nSPS) is 27.6. The number of hydrogen-bond acceptors (Lipinski definition) is 3. The summed E-state index contributed by atoms with van der Waals surface area (Å²) in [5, 5.41) is 9.40. The monoisotopic (exact) mass is 196 g/mol. The van der Waals surface area contributed by atoms with E-state index in [9.17, 15) is 9.90 Å². The van der Waals surface area contributed by atoms with Crippen molar-refractivity contribution in [2.24, 2.45) is 5.92 Å². The summed E-state index contributed by atoms with van der Waals surface area (Å²) < 4.78 is 4.73. The first kappa shape index (κ1) is 11.0. The Hall–Kier alpha value is -1.09. The summed E-state index contributed by atoms with van der Waals surface area (Å²) in [7, 11) is 0. The molecule has 1 saturated heterocycles. The average Bonchev–Trinajstić information content (AvgIpc) is 2.48. The molecular weight excluding hydrogens is 180 g/mol. The molecular formula is C11H16O3. The van der Waals surface area contributed by atoms with Crippen LogP contribution in [0.5, 0.6) is 0 Å². The van der Waals surface area contributed by atoms with Crippen molar-refractivity contribution < 1.29 is 14.6 Å². The maximum atomic E-state index is 11.1. The summed E-state index contributed by atoms with van der Waals surface area (Å²) in [6.07, 6.45) is 4.56. The minimum Gasteiger partial charge on any atom is -0.463 e. The number of esters is 1. The maximum absolute atomic E-state index is 11.1. The third-order valence-electron chi connectivity index (χ3n) is 2.43. The summed E-state index contributed by atoms with van der Waals surface area (Å²) in [5.41, 5.74) is 1.09. The average molecular weight is 196 g/mol. The zero-order valence-electron chi connectivity index (χ0n) is 8.40. The van der Waals surface area contributed by atoms with Crippen molar-refractivity contribution in [3.63, 3.8) is 0 Å². The van der Waals surface area contributed by atoms with Crippen molar-refractivity contribution in [2.45, 2.75) is 25.9 Å². The molecule has 1 aliphatic rings. The largest absolute Gasteiger partial charge is 0.463 e. The molecule has 0 amide bonds. The van der Waals surface area contributed by atoms with Crippen LogP contribution in [0.15, 0.2) is 24.3 Å². The molecule has 2 unspecified atom stereocenters. The SMILES string of the molecule is C=C/C(C)=C/CCC1C(=O)OCC1O. The maximum Gasteiger partial charge on any atom is 0.311 e. The van der Waals surface area contributed by atoms with Gasteiger partial charge < -0.3 is 9.84 Å². The molecule has 3 heteroatoms. The van der Waals surface area contributed by atoms with E-state index in [1.165, 1.54) is 0 Å². The van der Waals surface area contributed by atoms with Crippen LogP contribution in [0.4, 0.5) is 0 Å². The second-order valence-corrected chi connectivity index (χ2v) is 3.53. The van der Waals surface area contributed by atoms with Gasteiger partial charge in [-0.1, -0.05) is 24.3 Å². The number of ether oxygens (including phenoxy) is 1. The van der Waals surface area contributed by atoms with Crippen LogP contribution in [0.1, 0.15) is 19.8 Å². The summed E-state index contributed by atoms with van der Waals surface area (Å²) in [4.78, 5) is 11.1. The highest BCUT2D eigenvalue weighted by Crippen LogP contribution is 2.21. The topological polar surface area (TPSA) is 46.5 Å². The van der Waals surface area contributed by atoms with E-state index in [1.807, 2.05) is 13.0 Å². The van der Waals surface area contributed by atoms with Gasteiger partial charge in [0.15, 0.2) is 0 Å². The molecule has 3 nitrogen and oxygen atoms in total. The van der Waals surface area contributed by atoms with E-state index in [0.29, 0.717) is 6.42 Å². The smallest absolute Gasteiger partial charge is 0.311 e. The van der Waals surface area contributed by atoms with Crippen molar-refractivity contribution in [2.75, 3.05) is 6.61 Å². The van der Waals surface area contributed by atoms with Gasteiger partial charge in [-0.3, -0.25) is 4.79 Å². The van der Waals surface area contributed by atoms with Crippen LogP contribution >= 0.6 is 0 Å². The molecule has 0 aliphatic carbocycles. The van der Waals surface area contributed by atoms with E-state index in [-0.39, 0.29) is 18.5 Å². The molecule has 1 N–H and O–H groups in total. The van der Waals surface area contributed by atoms with E-state index in [0.717, 1.165) is 12.0 Å². The Balaban J connectivity index is 2.37. The molecule has 0 radical (unpaired) electrons. The van der Waals surface area contributed by atoms with Gasteiger partial charge in [0, 0.05) is 0 Å². The molecule has 1 fully saturated rings. The van der Waals surface area contributed by atoms with Crippen LogP contribution in [0.2, 0.25) is 0 Å². The Morgan fingerprint density at radius 1 is 1.79 bits per heavy atom. The van der Waals surface area contributed by atoms with Crippen LogP contribution in [0, 0.1) is 5.92 Å². The Morgan fingerprint density at radius 2 is 2.50 bits per heavy atom. The van der Waals surface area contributed by atoms with Gasteiger partial charge in [0.05, 0.1) is 5.92 Å². The van der Waals surface area contributed by atoms with Crippen molar-refractivity contribution in [3.05, 3.63) is 24.3 Å².